The highest BCUT2D eigenvalue weighted by Gasteiger charge is 2.36. The van der Waals surface area contributed by atoms with Crippen LogP contribution in [0.2, 0.25) is 0 Å². The molecule has 0 saturated carbocycles. The van der Waals surface area contributed by atoms with Crippen molar-refractivity contribution in [3.05, 3.63) is 0 Å². The van der Waals surface area contributed by atoms with Crippen molar-refractivity contribution < 1.29 is 19.5 Å². The van der Waals surface area contributed by atoms with E-state index in [1.54, 1.807) is 13.8 Å². The Kier molecular flexibility index (Phi) is 5.29. The Hall–Kier alpha value is -1.63. The number of nitrogens with one attached hydrogen (secondary N) is 1. The van der Waals surface area contributed by atoms with Crippen molar-refractivity contribution in [3.63, 3.8) is 0 Å². The Balaban J connectivity index is 2.68. The second-order valence-electron chi connectivity index (χ2n) is 4.55. The molecule has 1 heterocycles. The van der Waals surface area contributed by atoms with Crippen LogP contribution in [0.5, 0.6) is 0 Å². The van der Waals surface area contributed by atoms with Crippen molar-refractivity contribution in [2.75, 3.05) is 19.6 Å². The van der Waals surface area contributed by atoms with Crippen LogP contribution in [-0.4, -0.2) is 64.5 Å². The van der Waals surface area contributed by atoms with Gasteiger partial charge in [0.05, 0.1) is 12.1 Å². The van der Waals surface area contributed by atoms with Crippen molar-refractivity contribution in [2.24, 2.45) is 0 Å². The molecule has 7 nitrogen and oxygen atoms in total. The lowest BCUT2D eigenvalue weighted by Gasteiger charge is -2.33. The van der Waals surface area contributed by atoms with Gasteiger partial charge in [-0.25, -0.2) is 4.79 Å². The molecule has 0 aromatic heterocycles. The first kappa shape index (κ1) is 15.4. The molecule has 19 heavy (non-hydrogen) atoms. The van der Waals surface area contributed by atoms with E-state index >= 15 is 0 Å². The number of hydrogen-bond donors (Lipinski definition) is 2. The van der Waals surface area contributed by atoms with Gasteiger partial charge in [-0.2, -0.15) is 0 Å². The van der Waals surface area contributed by atoms with Crippen LogP contribution in [0.15, 0.2) is 0 Å². The first-order valence-electron chi connectivity index (χ1n) is 6.51. The molecule has 1 aliphatic rings. The molecule has 1 fully saturated rings. The molecule has 2 unspecified atom stereocenters. The van der Waals surface area contributed by atoms with Crippen LogP contribution in [0.1, 0.15) is 27.2 Å². The number of piperazine rings is 1. The van der Waals surface area contributed by atoms with Crippen LogP contribution in [0.25, 0.3) is 0 Å². The minimum atomic E-state index is -0.814. The summed E-state index contributed by atoms with van der Waals surface area (Å²) < 4.78 is 0. The molecular weight excluding hydrogens is 250 g/mol. The van der Waals surface area contributed by atoms with Crippen LogP contribution in [0.4, 0.5) is 4.79 Å². The van der Waals surface area contributed by atoms with Crippen LogP contribution in [-0.2, 0) is 9.59 Å². The number of carbonyl (C=O) groups excluding carboxylic acids is 3. The quantitative estimate of drug-likeness (QED) is 0.677. The van der Waals surface area contributed by atoms with E-state index in [9.17, 15) is 19.5 Å². The molecule has 0 radical (unpaired) electrons. The number of amides is 4. The van der Waals surface area contributed by atoms with Gasteiger partial charge in [-0.1, -0.05) is 6.92 Å². The van der Waals surface area contributed by atoms with Gasteiger partial charge < -0.3 is 15.3 Å². The van der Waals surface area contributed by atoms with Crippen LogP contribution < -0.4 is 5.32 Å². The van der Waals surface area contributed by atoms with E-state index in [1.807, 2.05) is 6.92 Å². The van der Waals surface area contributed by atoms with Crippen LogP contribution in [0, 0.1) is 0 Å². The van der Waals surface area contributed by atoms with E-state index in [4.69, 9.17) is 0 Å². The van der Waals surface area contributed by atoms with E-state index in [1.165, 1.54) is 4.90 Å². The average molecular weight is 271 g/mol. The summed E-state index contributed by atoms with van der Waals surface area (Å²) in [6.07, 6.45) is -0.169. The third-order valence-corrected chi connectivity index (χ3v) is 3.27. The Bertz CT molecular complexity index is 370. The number of urea groups is 1. The first-order chi connectivity index (χ1) is 8.92. The minimum Gasteiger partial charge on any atom is -0.391 e. The molecule has 7 heteroatoms. The van der Waals surface area contributed by atoms with E-state index in [0.29, 0.717) is 19.5 Å². The van der Waals surface area contributed by atoms with Crippen molar-refractivity contribution in [1.82, 2.24) is 15.1 Å². The molecule has 2 N–H and O–H groups in total. The SMILES string of the molecule is CCC(NC(=O)N1CCN(CC)C(=O)C1=O)C(C)O. The highest BCUT2D eigenvalue weighted by atomic mass is 16.3. The van der Waals surface area contributed by atoms with Gasteiger partial charge in [0.15, 0.2) is 0 Å². The van der Waals surface area contributed by atoms with E-state index in [2.05, 4.69) is 5.32 Å². The maximum atomic E-state index is 11.9. The summed E-state index contributed by atoms with van der Waals surface area (Å²) >= 11 is 0. The van der Waals surface area contributed by atoms with E-state index in [0.717, 1.165) is 4.90 Å². The minimum absolute atomic E-state index is 0.181. The number of likely N-dealkylation sites (N-methyl/N-ethyl adjacent to an activating group) is 1. The zero-order chi connectivity index (χ0) is 14.6. The summed E-state index contributed by atoms with van der Waals surface area (Å²) in [5.41, 5.74) is 0. The zero-order valence-corrected chi connectivity index (χ0v) is 11.5. The molecule has 4 amide bonds. The summed E-state index contributed by atoms with van der Waals surface area (Å²) in [6, 6.07) is -1.05. The van der Waals surface area contributed by atoms with Gasteiger partial charge in [0, 0.05) is 19.6 Å². The Morgan fingerprint density at radius 3 is 2.42 bits per heavy atom. The second kappa shape index (κ2) is 6.51. The highest BCUT2D eigenvalue weighted by Crippen LogP contribution is 2.07. The largest absolute Gasteiger partial charge is 0.391 e. The summed E-state index contributed by atoms with van der Waals surface area (Å²) in [7, 11) is 0. The second-order valence-corrected chi connectivity index (χ2v) is 4.55. The van der Waals surface area contributed by atoms with E-state index in [-0.39, 0.29) is 6.54 Å². The van der Waals surface area contributed by atoms with Gasteiger partial charge in [0.1, 0.15) is 0 Å². The molecule has 1 saturated heterocycles. The number of hydrogen-bond acceptors (Lipinski definition) is 4. The summed E-state index contributed by atoms with van der Waals surface area (Å²) in [5, 5.41) is 12.0. The Labute approximate surface area is 112 Å². The number of imide groups is 1. The van der Waals surface area contributed by atoms with Gasteiger partial charge >= 0.3 is 17.8 Å². The molecule has 1 aliphatic heterocycles. The lowest BCUT2D eigenvalue weighted by atomic mass is 10.1. The van der Waals surface area contributed by atoms with E-state index < -0.39 is 30.0 Å². The Morgan fingerprint density at radius 2 is 1.95 bits per heavy atom. The normalized spacial score (nSPS) is 19.4. The number of carbonyl (C=O) groups is 3. The molecule has 108 valence electrons. The fourth-order valence-corrected chi connectivity index (χ4v) is 1.97. The summed E-state index contributed by atoms with van der Waals surface area (Å²) in [5.74, 6) is -1.47. The highest BCUT2D eigenvalue weighted by molar-refractivity contribution is 6.38. The first-order valence-corrected chi connectivity index (χ1v) is 6.51. The zero-order valence-electron chi connectivity index (χ0n) is 11.5. The predicted molar refractivity (Wildman–Crippen MR) is 68.3 cm³/mol. The van der Waals surface area contributed by atoms with Crippen molar-refractivity contribution in [1.29, 1.82) is 0 Å². The fourth-order valence-electron chi connectivity index (χ4n) is 1.97. The molecule has 0 aromatic rings. The maximum Gasteiger partial charge on any atom is 0.324 e. The van der Waals surface area contributed by atoms with Crippen LogP contribution in [0.3, 0.4) is 0 Å². The van der Waals surface area contributed by atoms with Crippen molar-refractivity contribution >= 4 is 17.8 Å². The summed E-state index contributed by atoms with van der Waals surface area (Å²) in [6.45, 7) is 6.14. The topological polar surface area (TPSA) is 90.0 Å². The van der Waals surface area contributed by atoms with Crippen molar-refractivity contribution in [3.8, 4) is 0 Å². The van der Waals surface area contributed by atoms with Gasteiger partial charge in [0.25, 0.3) is 0 Å². The van der Waals surface area contributed by atoms with Crippen molar-refractivity contribution in [2.45, 2.75) is 39.3 Å². The average Bonchev–Trinajstić information content (AvgIpc) is 2.38. The molecule has 0 spiro atoms. The number of rotatable bonds is 4. The molecule has 2 atom stereocenters. The van der Waals surface area contributed by atoms with Crippen LogP contribution >= 0.6 is 0 Å². The number of nitrogens with zero attached hydrogens (tertiary/aromatic N) is 2. The smallest absolute Gasteiger partial charge is 0.324 e. The molecule has 0 aromatic carbocycles. The monoisotopic (exact) mass is 271 g/mol. The number of aliphatic hydroxyl groups is 1. The summed E-state index contributed by atoms with van der Waals surface area (Å²) in [4.78, 5) is 37.7. The van der Waals surface area contributed by atoms with Gasteiger partial charge in [-0.3, -0.25) is 14.5 Å². The lowest BCUT2D eigenvalue weighted by molar-refractivity contribution is -0.153. The third-order valence-electron chi connectivity index (χ3n) is 3.27. The van der Waals surface area contributed by atoms with Gasteiger partial charge in [-0.05, 0) is 20.3 Å². The van der Waals surface area contributed by atoms with Gasteiger partial charge in [-0.15, -0.1) is 0 Å². The molecule has 0 bridgehead atoms. The molecular formula is C12H21N3O4. The fraction of sp³-hybridized carbons (Fsp3) is 0.750. The number of aliphatic hydroxyl groups excluding tert-OH is 1. The Morgan fingerprint density at radius 1 is 1.32 bits per heavy atom. The predicted octanol–water partition coefficient (Wildman–Crippen LogP) is -0.454. The molecule has 0 aliphatic carbocycles. The maximum absolute atomic E-state index is 11.9. The lowest BCUT2D eigenvalue weighted by Crippen LogP contribution is -2.59. The molecule has 1 rings (SSSR count). The standard InChI is InChI=1S/C12H21N3O4/c1-4-9(8(3)16)13-12(19)15-7-6-14(5-2)10(17)11(15)18/h8-9,16H,4-7H2,1-3H3,(H,13,19). The third kappa shape index (κ3) is 3.44. The van der Waals surface area contributed by atoms with Gasteiger partial charge in [0.2, 0.25) is 0 Å².